The molecular weight excluding hydrogens is 381 g/mol. The van der Waals surface area contributed by atoms with Crippen LogP contribution in [0.1, 0.15) is 6.92 Å². The van der Waals surface area contributed by atoms with Crippen LogP contribution >= 0.6 is 11.6 Å². The zero-order valence-corrected chi connectivity index (χ0v) is 14.7. The molecule has 0 fully saturated rings. The molecule has 0 saturated carbocycles. The lowest BCUT2D eigenvalue weighted by molar-refractivity contribution is 0.167. The Morgan fingerprint density at radius 3 is 2.81 bits per heavy atom. The molecule has 0 unspecified atom stereocenters. The van der Waals surface area contributed by atoms with E-state index >= 15 is 0 Å². The fraction of sp³-hybridized carbons (Fsp3) is 0.118. The number of nitrogens with one attached hydrogen (secondary N) is 2. The van der Waals surface area contributed by atoms with Gasteiger partial charge in [0.05, 0.1) is 17.8 Å². The Balaban J connectivity index is 1.84. The molecule has 0 spiro atoms. The maximum Gasteiger partial charge on any atom is 0.417 e. The minimum absolute atomic E-state index is 0.0354. The van der Waals surface area contributed by atoms with Gasteiger partial charge < -0.3 is 13.9 Å². The summed E-state index contributed by atoms with van der Waals surface area (Å²) in [5.74, 6) is -0.655. The largest absolute Gasteiger partial charge is 0.450 e. The van der Waals surface area contributed by atoms with E-state index < -0.39 is 18.0 Å². The Kier molecular flexibility index (Phi) is 5.41. The van der Waals surface area contributed by atoms with Crippen LogP contribution in [0.15, 0.2) is 41.1 Å². The molecule has 1 aromatic carbocycles. The number of fused-ring (bicyclic) bond motifs is 1. The van der Waals surface area contributed by atoms with Crippen LogP contribution in [-0.2, 0) is 4.74 Å². The van der Waals surface area contributed by atoms with Crippen LogP contribution in [0.2, 0.25) is 5.02 Å². The van der Waals surface area contributed by atoms with E-state index in [1.807, 2.05) is 0 Å². The van der Waals surface area contributed by atoms with Gasteiger partial charge in [-0.2, -0.15) is 0 Å². The molecule has 2 heterocycles. The van der Waals surface area contributed by atoms with Gasteiger partial charge in [-0.1, -0.05) is 11.6 Å². The summed E-state index contributed by atoms with van der Waals surface area (Å²) in [4.78, 5) is 27.8. The minimum atomic E-state index is -0.899. The van der Waals surface area contributed by atoms with Gasteiger partial charge in [-0.05, 0) is 25.1 Å². The van der Waals surface area contributed by atoms with Crippen LogP contribution in [0.4, 0.5) is 25.6 Å². The van der Waals surface area contributed by atoms with Gasteiger partial charge in [-0.25, -0.2) is 14.0 Å². The topological polar surface area (TPSA) is 103 Å². The molecule has 0 atom stereocenters. The van der Waals surface area contributed by atoms with Crippen LogP contribution in [0.25, 0.3) is 11.0 Å². The number of pyridine rings is 1. The first-order valence-corrected chi connectivity index (χ1v) is 8.10. The maximum absolute atomic E-state index is 13.2. The van der Waals surface area contributed by atoms with E-state index in [4.69, 9.17) is 25.5 Å². The van der Waals surface area contributed by atoms with Crippen LogP contribution in [-0.4, -0.2) is 23.8 Å². The van der Waals surface area contributed by atoms with Gasteiger partial charge in [0.2, 0.25) is 5.88 Å². The summed E-state index contributed by atoms with van der Waals surface area (Å²) >= 11 is 5.66. The number of carbonyl (C=O) groups is 2. The quantitative estimate of drug-likeness (QED) is 0.660. The van der Waals surface area contributed by atoms with Crippen molar-refractivity contribution in [2.45, 2.75) is 6.92 Å². The van der Waals surface area contributed by atoms with E-state index in [0.29, 0.717) is 11.0 Å². The average Bonchev–Trinajstić information content (AvgIpc) is 2.95. The third kappa shape index (κ3) is 4.26. The molecular formula is C17H13ClFN3O5. The first kappa shape index (κ1) is 18.5. The van der Waals surface area contributed by atoms with Gasteiger partial charge in [0.15, 0.2) is 5.58 Å². The van der Waals surface area contributed by atoms with Crippen LogP contribution in [0.5, 0.6) is 5.75 Å². The molecule has 0 aliphatic carbocycles. The number of rotatable bonds is 4. The van der Waals surface area contributed by atoms with Crippen molar-refractivity contribution in [3.05, 3.63) is 47.5 Å². The maximum atomic E-state index is 13.2. The molecule has 3 aromatic rings. The Hall–Kier alpha value is -3.33. The fourth-order valence-corrected chi connectivity index (χ4v) is 2.37. The monoisotopic (exact) mass is 393 g/mol. The molecule has 2 N–H and O–H groups in total. The van der Waals surface area contributed by atoms with Gasteiger partial charge in [-0.3, -0.25) is 15.6 Å². The third-order valence-corrected chi connectivity index (χ3v) is 3.60. The Bertz CT molecular complexity index is 1010. The highest BCUT2D eigenvalue weighted by atomic mass is 35.5. The summed E-state index contributed by atoms with van der Waals surface area (Å²) in [6.07, 6.45) is 1.25. The number of aromatic nitrogens is 1. The standard InChI is InChI=1S/C17H13ClFN3O5/c1-2-25-16(23)22-15-14(10-5-6-20-8-13(10)27-15)21-17(24)26-9-3-4-12(19)11(18)7-9/h3-8H,2H2,1H3,(H,21,24)(H,22,23). The average molecular weight is 394 g/mol. The van der Waals surface area contributed by atoms with Crippen molar-refractivity contribution in [3.8, 4) is 5.75 Å². The van der Waals surface area contributed by atoms with Crippen LogP contribution < -0.4 is 15.4 Å². The number of anilines is 2. The summed E-state index contributed by atoms with van der Waals surface area (Å²) in [6, 6.07) is 5.05. The highest BCUT2D eigenvalue weighted by Crippen LogP contribution is 2.35. The SMILES string of the molecule is CCOC(=O)Nc1oc2cnccc2c1NC(=O)Oc1ccc(F)c(Cl)c1. The zero-order chi connectivity index (χ0) is 19.4. The number of hydrogen-bond donors (Lipinski definition) is 2. The minimum Gasteiger partial charge on any atom is -0.450 e. The summed E-state index contributed by atoms with van der Waals surface area (Å²) in [5, 5.41) is 5.15. The van der Waals surface area contributed by atoms with Crippen LogP contribution in [0.3, 0.4) is 0 Å². The molecule has 140 valence electrons. The predicted molar refractivity (Wildman–Crippen MR) is 95.7 cm³/mol. The van der Waals surface area contributed by atoms with Gasteiger partial charge >= 0.3 is 12.2 Å². The lowest BCUT2D eigenvalue weighted by Gasteiger charge is -2.08. The van der Waals surface area contributed by atoms with E-state index in [9.17, 15) is 14.0 Å². The Labute approximate surface area is 157 Å². The number of furan rings is 1. The predicted octanol–water partition coefficient (Wildman–Crippen LogP) is 4.80. The molecule has 0 saturated heterocycles. The van der Waals surface area contributed by atoms with Crippen LogP contribution in [0, 0.1) is 5.82 Å². The Morgan fingerprint density at radius 1 is 1.26 bits per heavy atom. The van der Waals surface area contributed by atoms with E-state index in [1.54, 1.807) is 13.0 Å². The zero-order valence-electron chi connectivity index (χ0n) is 13.9. The first-order chi connectivity index (χ1) is 13.0. The Morgan fingerprint density at radius 2 is 2.07 bits per heavy atom. The van der Waals surface area contributed by atoms with Crippen molar-refractivity contribution in [3.63, 3.8) is 0 Å². The summed E-state index contributed by atoms with van der Waals surface area (Å²) < 4.78 is 28.6. The smallest absolute Gasteiger partial charge is 0.417 e. The number of hydrogen-bond acceptors (Lipinski definition) is 6. The highest BCUT2D eigenvalue weighted by molar-refractivity contribution is 6.30. The second kappa shape index (κ2) is 7.92. The van der Waals surface area contributed by atoms with Gasteiger partial charge in [0.1, 0.15) is 17.3 Å². The number of carbonyl (C=O) groups excluding carboxylic acids is 2. The van der Waals surface area contributed by atoms with Gasteiger partial charge in [0.25, 0.3) is 0 Å². The number of halogens is 2. The molecule has 2 aromatic heterocycles. The fourth-order valence-electron chi connectivity index (χ4n) is 2.20. The molecule has 8 nitrogen and oxygen atoms in total. The molecule has 10 heteroatoms. The lowest BCUT2D eigenvalue weighted by atomic mass is 10.3. The van der Waals surface area contributed by atoms with E-state index in [1.165, 1.54) is 18.5 Å². The molecule has 2 amide bonds. The number of ether oxygens (including phenoxy) is 2. The van der Waals surface area contributed by atoms with Crippen molar-refractivity contribution in [1.29, 1.82) is 0 Å². The van der Waals surface area contributed by atoms with Gasteiger partial charge in [0, 0.05) is 17.6 Å². The second-order valence-electron chi connectivity index (χ2n) is 5.11. The van der Waals surface area contributed by atoms with E-state index in [2.05, 4.69) is 15.6 Å². The third-order valence-electron chi connectivity index (χ3n) is 3.31. The molecule has 0 aliphatic rings. The summed E-state index contributed by atoms with van der Waals surface area (Å²) in [6.45, 7) is 1.80. The highest BCUT2D eigenvalue weighted by Gasteiger charge is 2.20. The number of benzene rings is 1. The molecule has 27 heavy (non-hydrogen) atoms. The lowest BCUT2D eigenvalue weighted by Crippen LogP contribution is -2.19. The van der Waals surface area contributed by atoms with Crippen molar-refractivity contribution >= 4 is 46.3 Å². The second-order valence-corrected chi connectivity index (χ2v) is 5.52. The molecule has 0 aliphatic heterocycles. The van der Waals surface area contributed by atoms with Crippen molar-refractivity contribution in [2.24, 2.45) is 0 Å². The van der Waals surface area contributed by atoms with Gasteiger partial charge in [-0.15, -0.1) is 0 Å². The summed E-state index contributed by atoms with van der Waals surface area (Å²) in [5.41, 5.74) is 0.475. The van der Waals surface area contributed by atoms with E-state index in [0.717, 1.165) is 12.1 Å². The van der Waals surface area contributed by atoms with Crippen molar-refractivity contribution in [1.82, 2.24) is 4.98 Å². The summed E-state index contributed by atoms with van der Waals surface area (Å²) in [7, 11) is 0. The van der Waals surface area contributed by atoms with Crippen molar-refractivity contribution in [2.75, 3.05) is 17.2 Å². The molecule has 0 bridgehead atoms. The number of amides is 2. The first-order valence-electron chi connectivity index (χ1n) is 7.72. The van der Waals surface area contributed by atoms with E-state index in [-0.39, 0.29) is 29.0 Å². The number of nitrogens with zero attached hydrogens (tertiary/aromatic N) is 1. The molecule has 3 rings (SSSR count). The normalized spacial score (nSPS) is 10.5. The van der Waals surface area contributed by atoms with Crippen molar-refractivity contribution < 1.29 is 27.9 Å². The molecule has 0 radical (unpaired) electrons.